The number of piperazine rings is 1. The summed E-state index contributed by atoms with van der Waals surface area (Å²) in [5.41, 5.74) is 1.05. The molecule has 1 aromatic carbocycles. The third-order valence-corrected chi connectivity index (χ3v) is 5.55. The summed E-state index contributed by atoms with van der Waals surface area (Å²) in [5.74, 6) is 2.35. The van der Waals surface area contributed by atoms with Gasteiger partial charge in [0.05, 0.1) is 19.3 Å². The summed E-state index contributed by atoms with van der Waals surface area (Å²) in [7, 11) is 1.63. The Balaban J connectivity index is 1.23. The van der Waals surface area contributed by atoms with E-state index in [2.05, 4.69) is 25.1 Å². The summed E-state index contributed by atoms with van der Waals surface area (Å²) in [6, 6.07) is 9.49. The molecule has 0 spiro atoms. The normalized spacial score (nSPS) is 14.0. The Morgan fingerprint density at radius 1 is 1.10 bits per heavy atom. The number of anilines is 1. The monoisotopic (exact) mass is 426 g/mol. The number of aromatic nitrogens is 4. The van der Waals surface area contributed by atoms with Crippen molar-refractivity contribution in [2.75, 3.05) is 43.9 Å². The van der Waals surface area contributed by atoms with Crippen molar-refractivity contribution in [1.82, 2.24) is 25.1 Å². The number of benzene rings is 1. The van der Waals surface area contributed by atoms with Crippen LogP contribution in [0.3, 0.4) is 0 Å². The summed E-state index contributed by atoms with van der Waals surface area (Å²) in [5, 5.41) is 8.52. The molecule has 30 heavy (non-hydrogen) atoms. The number of hydrogen-bond donors (Lipinski definition) is 0. The fourth-order valence-corrected chi connectivity index (χ4v) is 3.79. The van der Waals surface area contributed by atoms with E-state index >= 15 is 0 Å². The van der Waals surface area contributed by atoms with E-state index in [4.69, 9.17) is 9.15 Å². The van der Waals surface area contributed by atoms with Gasteiger partial charge in [0.2, 0.25) is 17.7 Å². The maximum Gasteiger partial charge on any atom is 0.277 e. The molecular formula is C20H22N6O3S. The molecule has 1 fully saturated rings. The Morgan fingerprint density at radius 2 is 1.83 bits per heavy atom. The molecule has 4 rings (SSSR count). The Hall–Kier alpha value is -3.14. The van der Waals surface area contributed by atoms with Crippen LogP contribution in [0.15, 0.2) is 52.4 Å². The largest absolute Gasteiger partial charge is 0.497 e. The molecule has 0 atom stereocenters. The molecule has 3 aromatic rings. The topological polar surface area (TPSA) is 97.5 Å². The zero-order valence-corrected chi connectivity index (χ0v) is 17.4. The number of rotatable bonds is 7. The van der Waals surface area contributed by atoms with Crippen LogP contribution >= 0.6 is 11.8 Å². The number of thioether (sulfide) groups is 1. The Bertz CT molecular complexity index is 958. The SMILES string of the molecule is COc1ccc(Cc2nnc(SCC(=O)N3CCN(c4ncccn4)CC3)o2)cc1. The Labute approximate surface area is 178 Å². The van der Waals surface area contributed by atoms with Crippen molar-refractivity contribution < 1.29 is 13.9 Å². The third-order valence-electron chi connectivity index (χ3n) is 4.75. The second kappa shape index (κ2) is 9.57. The first-order valence-electron chi connectivity index (χ1n) is 9.59. The second-order valence-corrected chi connectivity index (χ2v) is 7.62. The highest BCUT2D eigenvalue weighted by atomic mass is 32.2. The lowest BCUT2D eigenvalue weighted by atomic mass is 10.1. The van der Waals surface area contributed by atoms with Crippen molar-refractivity contribution in [3.8, 4) is 5.75 Å². The number of methoxy groups -OCH3 is 1. The van der Waals surface area contributed by atoms with Crippen molar-refractivity contribution in [3.05, 3.63) is 54.2 Å². The van der Waals surface area contributed by atoms with E-state index in [0.717, 1.165) is 11.3 Å². The Kier molecular flexibility index (Phi) is 6.43. The van der Waals surface area contributed by atoms with Crippen LogP contribution in [-0.4, -0.2) is 70.0 Å². The minimum Gasteiger partial charge on any atom is -0.497 e. The number of amides is 1. The van der Waals surface area contributed by atoms with Crippen LogP contribution in [0, 0.1) is 0 Å². The average Bonchev–Trinajstić information content (AvgIpc) is 3.26. The molecule has 1 saturated heterocycles. The van der Waals surface area contributed by atoms with Crippen LogP contribution in [-0.2, 0) is 11.2 Å². The summed E-state index contributed by atoms with van der Waals surface area (Å²) < 4.78 is 10.8. The summed E-state index contributed by atoms with van der Waals surface area (Å²) in [6.45, 7) is 2.72. The van der Waals surface area contributed by atoms with Crippen LogP contribution in [0.2, 0.25) is 0 Å². The average molecular weight is 427 g/mol. The van der Waals surface area contributed by atoms with Gasteiger partial charge in [0, 0.05) is 38.6 Å². The van der Waals surface area contributed by atoms with Crippen LogP contribution in [0.4, 0.5) is 5.95 Å². The fraction of sp³-hybridized carbons (Fsp3) is 0.350. The van der Waals surface area contributed by atoms with Gasteiger partial charge in [0.1, 0.15) is 5.75 Å². The smallest absolute Gasteiger partial charge is 0.277 e. The van der Waals surface area contributed by atoms with E-state index in [1.54, 1.807) is 25.6 Å². The van der Waals surface area contributed by atoms with Gasteiger partial charge in [-0.15, -0.1) is 10.2 Å². The first-order chi connectivity index (χ1) is 14.7. The van der Waals surface area contributed by atoms with Gasteiger partial charge in [0.15, 0.2) is 0 Å². The molecule has 0 N–H and O–H groups in total. The lowest BCUT2D eigenvalue weighted by molar-refractivity contribution is -0.128. The molecule has 10 heteroatoms. The lowest BCUT2D eigenvalue weighted by Gasteiger charge is -2.34. The number of ether oxygens (including phenoxy) is 1. The number of carbonyl (C=O) groups excluding carboxylic acids is 1. The molecule has 0 aliphatic carbocycles. The van der Waals surface area contributed by atoms with Gasteiger partial charge in [0.25, 0.3) is 5.22 Å². The molecule has 1 aliphatic rings. The highest BCUT2D eigenvalue weighted by Gasteiger charge is 2.23. The number of carbonyl (C=O) groups is 1. The van der Waals surface area contributed by atoms with Crippen LogP contribution in [0.25, 0.3) is 0 Å². The molecule has 2 aromatic heterocycles. The second-order valence-electron chi connectivity index (χ2n) is 6.69. The summed E-state index contributed by atoms with van der Waals surface area (Å²) >= 11 is 1.27. The molecule has 0 saturated carbocycles. The molecule has 156 valence electrons. The molecule has 9 nitrogen and oxygen atoms in total. The molecule has 1 amide bonds. The van der Waals surface area contributed by atoms with Crippen LogP contribution < -0.4 is 9.64 Å². The van der Waals surface area contributed by atoms with E-state index in [0.29, 0.717) is 49.7 Å². The van der Waals surface area contributed by atoms with Gasteiger partial charge < -0.3 is 19.0 Å². The zero-order chi connectivity index (χ0) is 20.8. The van der Waals surface area contributed by atoms with Gasteiger partial charge in [-0.05, 0) is 23.8 Å². The standard InChI is InChI=1S/C20H22N6O3S/c1-28-16-5-3-15(4-6-16)13-17-23-24-20(29-17)30-14-18(27)25-9-11-26(12-10-25)19-21-7-2-8-22-19/h2-8H,9-14H2,1H3. The predicted molar refractivity (Wildman–Crippen MR) is 112 cm³/mol. The summed E-state index contributed by atoms with van der Waals surface area (Å²) in [6.07, 6.45) is 3.99. The lowest BCUT2D eigenvalue weighted by Crippen LogP contribution is -2.49. The van der Waals surface area contributed by atoms with Crippen molar-refractivity contribution >= 4 is 23.6 Å². The minimum atomic E-state index is 0.0588. The molecule has 0 bridgehead atoms. The zero-order valence-electron chi connectivity index (χ0n) is 16.6. The van der Waals surface area contributed by atoms with Gasteiger partial charge in [-0.3, -0.25) is 4.79 Å². The quantitative estimate of drug-likeness (QED) is 0.525. The van der Waals surface area contributed by atoms with E-state index in [1.807, 2.05) is 29.2 Å². The fourth-order valence-electron chi connectivity index (χ4n) is 3.11. The van der Waals surface area contributed by atoms with Crippen LogP contribution in [0.5, 0.6) is 5.75 Å². The molecule has 3 heterocycles. The van der Waals surface area contributed by atoms with Gasteiger partial charge >= 0.3 is 0 Å². The summed E-state index contributed by atoms with van der Waals surface area (Å²) in [4.78, 5) is 25.0. The first-order valence-corrected chi connectivity index (χ1v) is 10.6. The van der Waals surface area contributed by atoms with E-state index in [1.165, 1.54) is 11.8 Å². The van der Waals surface area contributed by atoms with Crippen molar-refractivity contribution in [2.24, 2.45) is 0 Å². The van der Waals surface area contributed by atoms with Crippen molar-refractivity contribution in [1.29, 1.82) is 0 Å². The van der Waals surface area contributed by atoms with Gasteiger partial charge in [-0.25, -0.2) is 9.97 Å². The molecule has 0 unspecified atom stereocenters. The van der Waals surface area contributed by atoms with Crippen LogP contribution in [0.1, 0.15) is 11.5 Å². The van der Waals surface area contributed by atoms with Gasteiger partial charge in [-0.2, -0.15) is 0 Å². The molecule has 1 aliphatic heterocycles. The molecule has 0 radical (unpaired) electrons. The first kappa shape index (κ1) is 20.1. The number of nitrogens with zero attached hydrogens (tertiary/aromatic N) is 6. The third kappa shape index (κ3) is 5.07. The minimum absolute atomic E-state index is 0.0588. The van der Waals surface area contributed by atoms with E-state index in [9.17, 15) is 4.79 Å². The predicted octanol–water partition coefficient (Wildman–Crippen LogP) is 1.90. The van der Waals surface area contributed by atoms with E-state index < -0.39 is 0 Å². The Morgan fingerprint density at radius 3 is 2.53 bits per heavy atom. The van der Waals surface area contributed by atoms with E-state index in [-0.39, 0.29) is 11.7 Å². The van der Waals surface area contributed by atoms with Crippen molar-refractivity contribution in [2.45, 2.75) is 11.6 Å². The highest BCUT2D eigenvalue weighted by molar-refractivity contribution is 7.99. The van der Waals surface area contributed by atoms with Gasteiger partial charge in [-0.1, -0.05) is 23.9 Å². The maximum absolute atomic E-state index is 12.5. The van der Waals surface area contributed by atoms with Crippen molar-refractivity contribution in [3.63, 3.8) is 0 Å². The highest BCUT2D eigenvalue weighted by Crippen LogP contribution is 2.20. The maximum atomic E-state index is 12.5. The number of hydrogen-bond acceptors (Lipinski definition) is 9. The molecular weight excluding hydrogens is 404 g/mol.